The molecule has 1 saturated carbocycles. The first-order valence-electron chi connectivity index (χ1n) is 14.7. The molecular formula is C36H30N2O4. The van der Waals surface area contributed by atoms with Crippen LogP contribution in [-0.2, 0) is 19.2 Å². The Morgan fingerprint density at radius 1 is 0.595 bits per heavy atom. The number of anilines is 2. The van der Waals surface area contributed by atoms with Crippen LogP contribution < -0.4 is 9.80 Å². The third-order valence-corrected chi connectivity index (χ3v) is 10.2. The Morgan fingerprint density at radius 3 is 1.83 bits per heavy atom. The Morgan fingerprint density at radius 2 is 1.19 bits per heavy atom. The molecule has 6 heteroatoms. The van der Waals surface area contributed by atoms with E-state index in [1.807, 2.05) is 92.7 Å². The van der Waals surface area contributed by atoms with Gasteiger partial charge in [-0.3, -0.25) is 24.1 Å². The Labute approximate surface area is 244 Å². The number of benzene rings is 3. The first-order chi connectivity index (χ1) is 20.3. The molecule has 7 atom stereocenters. The van der Waals surface area contributed by atoms with E-state index in [9.17, 15) is 19.2 Å². The van der Waals surface area contributed by atoms with Crippen LogP contribution in [0.4, 0.5) is 11.4 Å². The summed E-state index contributed by atoms with van der Waals surface area (Å²) < 4.78 is 0. The number of carbonyl (C=O) groups excluding carboxylic acids is 4. The van der Waals surface area contributed by atoms with Gasteiger partial charge in [-0.2, -0.15) is 0 Å². The number of allylic oxidation sites excluding steroid dienone is 4. The lowest BCUT2D eigenvalue weighted by molar-refractivity contribution is -0.129. The third kappa shape index (κ3) is 3.32. The molecule has 7 unspecified atom stereocenters. The number of hydrogen-bond acceptors (Lipinski definition) is 4. The second kappa shape index (κ2) is 8.96. The lowest BCUT2D eigenvalue weighted by Crippen LogP contribution is -2.51. The molecule has 0 aromatic heterocycles. The molecular weight excluding hydrogens is 524 g/mol. The summed E-state index contributed by atoms with van der Waals surface area (Å²) in [7, 11) is 0. The van der Waals surface area contributed by atoms with Crippen LogP contribution in [0.2, 0.25) is 0 Å². The number of rotatable bonds is 3. The van der Waals surface area contributed by atoms with Gasteiger partial charge in [0.25, 0.3) is 0 Å². The molecule has 4 amide bonds. The average Bonchev–Trinajstić information content (AvgIpc) is 3.42. The summed E-state index contributed by atoms with van der Waals surface area (Å²) in [5, 5.41) is 0. The quantitative estimate of drug-likeness (QED) is 0.316. The van der Waals surface area contributed by atoms with E-state index < -0.39 is 23.7 Å². The summed E-state index contributed by atoms with van der Waals surface area (Å²) in [5.41, 5.74) is 6.25. The van der Waals surface area contributed by atoms with Crippen molar-refractivity contribution in [1.29, 1.82) is 0 Å². The first-order valence-corrected chi connectivity index (χ1v) is 14.7. The van der Waals surface area contributed by atoms with Gasteiger partial charge in [-0.25, -0.2) is 4.90 Å². The lowest BCUT2D eigenvalue weighted by Gasteiger charge is -2.51. The molecule has 2 heterocycles. The minimum Gasteiger partial charge on any atom is -0.274 e. The van der Waals surface area contributed by atoms with Crippen molar-refractivity contribution in [2.75, 3.05) is 9.80 Å². The topological polar surface area (TPSA) is 74.8 Å². The van der Waals surface area contributed by atoms with Crippen LogP contribution >= 0.6 is 0 Å². The van der Waals surface area contributed by atoms with Gasteiger partial charge in [0.05, 0.1) is 35.0 Å². The van der Waals surface area contributed by atoms with E-state index in [4.69, 9.17) is 0 Å². The molecule has 2 saturated heterocycles. The fourth-order valence-electron chi connectivity index (χ4n) is 8.56. The Hall–Kier alpha value is -4.58. The van der Waals surface area contributed by atoms with E-state index in [1.54, 1.807) is 0 Å². The Bertz CT molecular complexity index is 1770. The molecule has 6 nitrogen and oxygen atoms in total. The molecule has 6 aliphatic rings. The maximum absolute atomic E-state index is 14.3. The van der Waals surface area contributed by atoms with Crippen LogP contribution in [0.1, 0.15) is 23.1 Å². The van der Waals surface area contributed by atoms with Gasteiger partial charge in [-0.1, -0.05) is 72.3 Å². The van der Waals surface area contributed by atoms with Crippen LogP contribution in [0.15, 0.2) is 96.6 Å². The summed E-state index contributed by atoms with van der Waals surface area (Å²) in [5.74, 6) is -3.90. The van der Waals surface area contributed by atoms with Crippen LogP contribution in [-0.4, -0.2) is 23.6 Å². The van der Waals surface area contributed by atoms with Crippen molar-refractivity contribution in [3.8, 4) is 0 Å². The van der Waals surface area contributed by atoms with E-state index in [1.165, 1.54) is 9.80 Å². The number of carbonyl (C=O) groups is 4. The highest BCUT2D eigenvalue weighted by Crippen LogP contribution is 2.63. The van der Waals surface area contributed by atoms with Crippen molar-refractivity contribution in [3.63, 3.8) is 0 Å². The normalized spacial score (nSPS) is 31.1. The van der Waals surface area contributed by atoms with Gasteiger partial charge in [-0.15, -0.1) is 0 Å². The smallest absolute Gasteiger partial charge is 0.238 e. The van der Waals surface area contributed by atoms with Gasteiger partial charge in [-0.05, 0) is 72.7 Å². The summed E-state index contributed by atoms with van der Waals surface area (Å²) in [6.07, 6.45) is 4.58. The number of amides is 4. The van der Waals surface area contributed by atoms with Gasteiger partial charge in [0, 0.05) is 11.8 Å². The maximum atomic E-state index is 14.3. The number of nitrogens with zero attached hydrogens (tertiary/aromatic N) is 2. The number of hydrogen-bond donors (Lipinski definition) is 0. The minimum absolute atomic E-state index is 0.175. The average molecular weight is 555 g/mol. The minimum atomic E-state index is -0.574. The van der Waals surface area contributed by atoms with Crippen LogP contribution in [0.5, 0.6) is 0 Å². The zero-order valence-corrected chi connectivity index (χ0v) is 23.4. The Balaban J connectivity index is 1.29. The molecule has 208 valence electrons. The fourth-order valence-corrected chi connectivity index (χ4v) is 8.56. The molecule has 9 rings (SSSR count). The molecule has 2 aliphatic heterocycles. The van der Waals surface area contributed by atoms with E-state index in [2.05, 4.69) is 12.2 Å². The molecule has 42 heavy (non-hydrogen) atoms. The second-order valence-corrected chi connectivity index (χ2v) is 12.4. The van der Waals surface area contributed by atoms with Crippen LogP contribution in [0.3, 0.4) is 0 Å². The molecule has 2 bridgehead atoms. The van der Waals surface area contributed by atoms with Gasteiger partial charge in [0.15, 0.2) is 0 Å². The highest BCUT2D eigenvalue weighted by atomic mass is 16.2. The van der Waals surface area contributed by atoms with Crippen LogP contribution in [0, 0.1) is 55.3 Å². The predicted octanol–water partition coefficient (Wildman–Crippen LogP) is 5.50. The molecule has 3 fully saturated rings. The SMILES string of the molecule is Cc1cccc(N2C(=O)C3CC(c4ccccc4)=C4C5C=CC(C6C(=O)N(c7cccc(C)c7)C(=O)C56)C4C3C2=O)c1. The molecule has 0 spiro atoms. The van der Waals surface area contributed by atoms with Crippen molar-refractivity contribution >= 4 is 40.6 Å². The van der Waals surface area contributed by atoms with Gasteiger partial charge < -0.3 is 0 Å². The number of aryl methyl sites for hydroxylation is 2. The molecule has 0 N–H and O–H groups in total. The molecule has 3 aromatic rings. The number of fused-ring (bicyclic) bond motifs is 1. The van der Waals surface area contributed by atoms with E-state index in [-0.39, 0.29) is 41.4 Å². The monoisotopic (exact) mass is 554 g/mol. The Kier molecular flexibility index (Phi) is 5.37. The predicted molar refractivity (Wildman–Crippen MR) is 159 cm³/mol. The molecule has 3 aromatic carbocycles. The van der Waals surface area contributed by atoms with Crippen molar-refractivity contribution in [2.45, 2.75) is 20.3 Å². The van der Waals surface area contributed by atoms with Crippen LogP contribution in [0.25, 0.3) is 5.57 Å². The van der Waals surface area contributed by atoms with Gasteiger partial charge in [0.1, 0.15) is 0 Å². The van der Waals surface area contributed by atoms with Crippen molar-refractivity contribution in [2.24, 2.45) is 41.4 Å². The highest BCUT2D eigenvalue weighted by Gasteiger charge is 2.67. The molecule has 4 aliphatic carbocycles. The van der Waals surface area contributed by atoms with E-state index >= 15 is 0 Å². The summed E-state index contributed by atoms with van der Waals surface area (Å²) in [4.78, 5) is 59.3. The number of imide groups is 2. The summed E-state index contributed by atoms with van der Waals surface area (Å²) in [6, 6.07) is 25.0. The van der Waals surface area contributed by atoms with Crippen molar-refractivity contribution in [1.82, 2.24) is 0 Å². The summed E-state index contributed by atoms with van der Waals surface area (Å²) in [6.45, 7) is 3.89. The zero-order valence-electron chi connectivity index (χ0n) is 23.4. The largest absolute Gasteiger partial charge is 0.274 e. The third-order valence-electron chi connectivity index (χ3n) is 10.2. The lowest BCUT2D eigenvalue weighted by atomic mass is 9.49. The maximum Gasteiger partial charge on any atom is 0.238 e. The van der Waals surface area contributed by atoms with Gasteiger partial charge in [0.2, 0.25) is 23.6 Å². The summed E-state index contributed by atoms with van der Waals surface area (Å²) >= 11 is 0. The molecule has 0 radical (unpaired) electrons. The van der Waals surface area contributed by atoms with E-state index in [0.717, 1.165) is 27.8 Å². The van der Waals surface area contributed by atoms with Crippen molar-refractivity contribution < 1.29 is 19.2 Å². The van der Waals surface area contributed by atoms with Crippen molar-refractivity contribution in [3.05, 3.63) is 113 Å². The standard InChI is InChI=1S/C36H30N2O4/c1-19-8-6-12-22(16-19)37-33(39)27-18-26(21-10-4-3-5-11-21)28-24-14-15-25(29(28)32(27)36(37)42)31-30(24)34(40)38(35(31)41)23-13-7-9-20(2)17-23/h3-17,24-25,27,29-32H,18H2,1-2H3. The second-order valence-electron chi connectivity index (χ2n) is 12.4. The highest BCUT2D eigenvalue weighted by molar-refractivity contribution is 6.24. The zero-order chi connectivity index (χ0) is 28.9. The first kappa shape index (κ1) is 25.2. The fraction of sp³-hybridized carbons (Fsp3) is 0.278. The van der Waals surface area contributed by atoms with Gasteiger partial charge >= 0.3 is 0 Å². The van der Waals surface area contributed by atoms with E-state index in [0.29, 0.717) is 17.8 Å².